The zero-order valence-electron chi connectivity index (χ0n) is 10.1. The quantitative estimate of drug-likeness (QED) is 0.661. The van der Waals surface area contributed by atoms with Crippen molar-refractivity contribution in [3.63, 3.8) is 0 Å². The predicted molar refractivity (Wildman–Crippen MR) is 66.0 cm³/mol. The molecule has 1 aromatic rings. The molecule has 0 radical (unpaired) electrons. The van der Waals surface area contributed by atoms with Gasteiger partial charge in [0.05, 0.1) is 6.54 Å². The molecule has 0 spiro atoms. The van der Waals surface area contributed by atoms with Crippen molar-refractivity contribution in [1.82, 2.24) is 4.98 Å². The fraction of sp³-hybridized carbons (Fsp3) is 0.455. The van der Waals surface area contributed by atoms with Crippen LogP contribution in [0.3, 0.4) is 0 Å². The van der Waals surface area contributed by atoms with Gasteiger partial charge in [-0.1, -0.05) is 0 Å². The first-order valence-electron chi connectivity index (χ1n) is 5.94. The molecular formula is C11H14N4O4. The lowest BCUT2D eigenvalue weighted by molar-refractivity contribution is 0.118. The number of aliphatic hydroxyl groups excluding tert-OH is 1. The number of anilines is 2. The Kier molecular flexibility index (Phi) is 2.88. The van der Waals surface area contributed by atoms with Gasteiger partial charge in [-0.15, -0.1) is 0 Å². The summed E-state index contributed by atoms with van der Waals surface area (Å²) in [5.74, 6) is 1.38. The second-order valence-electron chi connectivity index (χ2n) is 4.34. The van der Waals surface area contributed by atoms with Crippen molar-refractivity contribution in [3.05, 3.63) is 12.1 Å². The van der Waals surface area contributed by atoms with Gasteiger partial charge in [0.2, 0.25) is 0 Å². The molecule has 1 fully saturated rings. The monoisotopic (exact) mass is 266 g/mol. The Morgan fingerprint density at radius 1 is 1.58 bits per heavy atom. The largest absolute Gasteiger partial charge is 0.485 e. The Morgan fingerprint density at radius 3 is 3.16 bits per heavy atom. The molecule has 2 atom stereocenters. The number of pyridine rings is 1. The highest BCUT2D eigenvalue weighted by Crippen LogP contribution is 2.30. The summed E-state index contributed by atoms with van der Waals surface area (Å²) >= 11 is 0. The number of carbonyl (C=O) groups excluding carboxylic acids is 1. The topological polar surface area (TPSA) is 110 Å². The Labute approximate surface area is 109 Å². The number of nitrogens with two attached hydrogens (primary N) is 1. The van der Waals surface area contributed by atoms with E-state index in [1.54, 1.807) is 12.1 Å². The molecule has 1 aromatic heterocycles. The minimum absolute atomic E-state index is 0.162. The number of nitrogens with zero attached hydrogens (tertiary/aromatic N) is 2. The zero-order valence-corrected chi connectivity index (χ0v) is 10.1. The lowest BCUT2D eigenvalue weighted by atomic mass is 10.3. The van der Waals surface area contributed by atoms with E-state index in [2.05, 4.69) is 10.3 Å². The van der Waals surface area contributed by atoms with Gasteiger partial charge in [-0.25, -0.2) is 9.78 Å². The number of nitrogens with one attached hydrogen (secondary N) is 1. The van der Waals surface area contributed by atoms with E-state index in [4.69, 9.17) is 15.2 Å². The van der Waals surface area contributed by atoms with E-state index in [1.807, 2.05) is 0 Å². The van der Waals surface area contributed by atoms with Gasteiger partial charge in [0.15, 0.2) is 17.8 Å². The fourth-order valence-corrected chi connectivity index (χ4v) is 2.01. The van der Waals surface area contributed by atoms with Crippen molar-refractivity contribution in [1.29, 1.82) is 0 Å². The number of hydrogen-bond donors (Lipinski definition) is 3. The van der Waals surface area contributed by atoms with E-state index >= 15 is 0 Å². The third kappa shape index (κ3) is 2.15. The molecule has 0 bridgehead atoms. The lowest BCUT2D eigenvalue weighted by Crippen LogP contribution is -2.32. The van der Waals surface area contributed by atoms with E-state index in [1.165, 1.54) is 4.90 Å². The fourth-order valence-electron chi connectivity index (χ4n) is 2.01. The number of rotatable bonds is 2. The molecule has 2 aliphatic heterocycles. The van der Waals surface area contributed by atoms with Crippen molar-refractivity contribution >= 4 is 17.7 Å². The summed E-state index contributed by atoms with van der Waals surface area (Å²) in [5.41, 5.74) is 5.48. The van der Waals surface area contributed by atoms with Crippen LogP contribution in [0.15, 0.2) is 12.1 Å². The maximum atomic E-state index is 11.7. The van der Waals surface area contributed by atoms with Crippen LogP contribution in [0, 0.1) is 0 Å². The molecule has 0 aromatic carbocycles. The van der Waals surface area contributed by atoms with Gasteiger partial charge in [0.25, 0.3) is 0 Å². The molecule has 8 heteroatoms. The molecule has 102 valence electrons. The van der Waals surface area contributed by atoms with Gasteiger partial charge >= 0.3 is 6.09 Å². The van der Waals surface area contributed by atoms with Crippen LogP contribution in [-0.2, 0) is 4.74 Å². The average Bonchev–Trinajstić information content (AvgIpc) is 2.79. The van der Waals surface area contributed by atoms with E-state index in [-0.39, 0.29) is 19.3 Å². The van der Waals surface area contributed by atoms with Crippen LogP contribution in [-0.4, -0.2) is 48.2 Å². The summed E-state index contributed by atoms with van der Waals surface area (Å²) in [6.45, 7) is 0.798. The third-order valence-corrected chi connectivity index (χ3v) is 2.96. The summed E-state index contributed by atoms with van der Waals surface area (Å²) in [4.78, 5) is 17.3. The lowest BCUT2D eigenvalue weighted by Gasteiger charge is -2.24. The number of cyclic esters (lactones) is 1. The number of carbonyl (C=O) groups is 1. The number of ether oxygens (including phenoxy) is 2. The number of hydrogen-bond acceptors (Lipinski definition) is 7. The maximum absolute atomic E-state index is 11.7. The van der Waals surface area contributed by atoms with E-state index in [0.29, 0.717) is 23.9 Å². The minimum Gasteiger partial charge on any atom is -0.485 e. The van der Waals surface area contributed by atoms with Gasteiger partial charge < -0.3 is 25.6 Å². The van der Waals surface area contributed by atoms with E-state index in [9.17, 15) is 9.90 Å². The Morgan fingerprint density at radius 2 is 2.42 bits per heavy atom. The van der Waals surface area contributed by atoms with Crippen LogP contribution in [0.2, 0.25) is 0 Å². The summed E-state index contributed by atoms with van der Waals surface area (Å²) in [7, 11) is 0. The van der Waals surface area contributed by atoms with Crippen LogP contribution in [0.25, 0.3) is 0 Å². The molecule has 0 saturated carbocycles. The minimum atomic E-state index is -0.808. The van der Waals surface area contributed by atoms with E-state index < -0.39 is 12.3 Å². The van der Waals surface area contributed by atoms with Crippen LogP contribution in [0.5, 0.6) is 5.75 Å². The highest BCUT2D eigenvalue weighted by atomic mass is 16.6. The van der Waals surface area contributed by atoms with Crippen LogP contribution < -0.4 is 20.7 Å². The number of fused-ring (bicyclic) bond motifs is 1. The number of aliphatic hydroxyl groups is 1. The molecule has 3 rings (SSSR count). The smallest absolute Gasteiger partial charge is 0.416 e. The summed E-state index contributed by atoms with van der Waals surface area (Å²) < 4.78 is 10.4. The standard InChI is InChI=1S/C11H14N4O4/c12-3-6-4-15(11(17)19-6)8-2-1-7-10(13-8)14-9(16)5-18-7/h1-2,6,9,16H,3-5,12H2,(H,13,14)/t6-,9?/m0/s1. The molecule has 8 nitrogen and oxygen atoms in total. The van der Waals surface area contributed by atoms with Crippen LogP contribution >= 0.6 is 0 Å². The third-order valence-electron chi connectivity index (χ3n) is 2.96. The van der Waals surface area contributed by atoms with Gasteiger partial charge in [0, 0.05) is 6.54 Å². The van der Waals surface area contributed by atoms with Crippen molar-refractivity contribution in [2.24, 2.45) is 5.73 Å². The van der Waals surface area contributed by atoms with Crippen molar-refractivity contribution in [3.8, 4) is 5.75 Å². The molecule has 19 heavy (non-hydrogen) atoms. The summed E-state index contributed by atoms with van der Waals surface area (Å²) in [6, 6.07) is 3.36. The highest BCUT2D eigenvalue weighted by molar-refractivity contribution is 5.89. The predicted octanol–water partition coefficient (Wildman–Crippen LogP) is -0.512. The van der Waals surface area contributed by atoms with Gasteiger partial charge in [0.1, 0.15) is 18.5 Å². The van der Waals surface area contributed by atoms with Crippen LogP contribution in [0.4, 0.5) is 16.4 Å². The van der Waals surface area contributed by atoms with Gasteiger partial charge in [-0.2, -0.15) is 0 Å². The number of amides is 1. The summed E-state index contributed by atoms with van der Waals surface area (Å²) in [6.07, 6.45) is -1.60. The normalized spacial score (nSPS) is 25.4. The zero-order chi connectivity index (χ0) is 13.4. The molecule has 1 saturated heterocycles. The second kappa shape index (κ2) is 4.56. The summed E-state index contributed by atoms with van der Waals surface area (Å²) in [5, 5.41) is 12.2. The molecule has 0 aliphatic carbocycles. The Hall–Kier alpha value is -2.06. The SMILES string of the molecule is NC[C@H]1CN(c2ccc3c(n2)NC(O)CO3)C(=O)O1. The molecule has 1 unspecified atom stereocenters. The molecule has 3 heterocycles. The van der Waals surface area contributed by atoms with Crippen LogP contribution in [0.1, 0.15) is 0 Å². The molecule has 4 N–H and O–H groups in total. The first-order chi connectivity index (χ1) is 9.17. The molecule has 2 aliphatic rings. The maximum Gasteiger partial charge on any atom is 0.416 e. The Balaban J connectivity index is 1.86. The van der Waals surface area contributed by atoms with Crippen molar-refractivity contribution < 1.29 is 19.4 Å². The molecule has 1 amide bonds. The first kappa shape index (κ1) is 12.0. The van der Waals surface area contributed by atoms with Crippen molar-refractivity contribution in [2.45, 2.75) is 12.3 Å². The average molecular weight is 266 g/mol. The molecular weight excluding hydrogens is 252 g/mol. The first-order valence-corrected chi connectivity index (χ1v) is 5.94. The van der Waals surface area contributed by atoms with Gasteiger partial charge in [-0.05, 0) is 12.1 Å². The highest BCUT2D eigenvalue weighted by Gasteiger charge is 2.33. The van der Waals surface area contributed by atoms with Crippen molar-refractivity contribution in [2.75, 3.05) is 29.9 Å². The number of aromatic nitrogens is 1. The van der Waals surface area contributed by atoms with E-state index in [0.717, 1.165) is 0 Å². The Bertz CT molecular complexity index is 509. The van der Waals surface area contributed by atoms with Gasteiger partial charge in [-0.3, -0.25) is 4.90 Å². The second-order valence-corrected chi connectivity index (χ2v) is 4.34.